The van der Waals surface area contributed by atoms with Crippen LogP contribution < -0.4 is 4.90 Å². The van der Waals surface area contributed by atoms with E-state index in [1.54, 1.807) is 18.2 Å². The van der Waals surface area contributed by atoms with E-state index in [1.165, 1.54) is 4.90 Å². The summed E-state index contributed by atoms with van der Waals surface area (Å²) in [7, 11) is 0. The molecule has 0 aliphatic carbocycles. The zero-order chi connectivity index (χ0) is 10.1. The molecule has 2 rings (SSSR count). The largest absolute Gasteiger partial charge is 0.508 e. The molecule has 0 unspecified atom stereocenters. The first kappa shape index (κ1) is 8.87. The molecule has 1 aromatic carbocycles. The van der Waals surface area contributed by atoms with Crippen LogP contribution in [0.4, 0.5) is 10.5 Å². The van der Waals surface area contributed by atoms with Crippen LogP contribution in [0.15, 0.2) is 18.2 Å². The van der Waals surface area contributed by atoms with Gasteiger partial charge in [-0.3, -0.25) is 4.90 Å². The Balaban J connectivity index is 2.49. The molecule has 1 aliphatic rings. The monoisotopic (exact) mass is 193 g/mol. The number of amides is 1. The van der Waals surface area contributed by atoms with Crippen molar-refractivity contribution in [2.45, 2.75) is 12.8 Å². The maximum atomic E-state index is 10.9. The number of hydrogen-bond acceptors (Lipinski definition) is 2. The Labute approximate surface area is 81.4 Å². The first-order valence-corrected chi connectivity index (χ1v) is 4.51. The molecule has 1 aliphatic heterocycles. The van der Waals surface area contributed by atoms with E-state index < -0.39 is 6.09 Å². The molecule has 1 heterocycles. The Hall–Kier alpha value is -1.71. The van der Waals surface area contributed by atoms with Gasteiger partial charge in [0, 0.05) is 12.1 Å². The molecule has 14 heavy (non-hydrogen) atoms. The first-order valence-electron chi connectivity index (χ1n) is 4.51. The number of rotatable bonds is 0. The van der Waals surface area contributed by atoms with Crippen molar-refractivity contribution in [2.24, 2.45) is 0 Å². The van der Waals surface area contributed by atoms with E-state index >= 15 is 0 Å². The van der Waals surface area contributed by atoms with E-state index in [9.17, 15) is 9.90 Å². The number of anilines is 1. The summed E-state index contributed by atoms with van der Waals surface area (Å²) < 4.78 is 0. The third-order valence-corrected chi connectivity index (χ3v) is 2.46. The maximum Gasteiger partial charge on any atom is 0.411 e. The number of carbonyl (C=O) groups is 1. The fourth-order valence-corrected chi connectivity index (χ4v) is 1.80. The minimum absolute atomic E-state index is 0.188. The summed E-state index contributed by atoms with van der Waals surface area (Å²) in [5.74, 6) is 0.188. The second kappa shape index (κ2) is 3.21. The van der Waals surface area contributed by atoms with Crippen LogP contribution in [0.3, 0.4) is 0 Å². The quantitative estimate of drug-likeness (QED) is 0.660. The summed E-state index contributed by atoms with van der Waals surface area (Å²) in [5.41, 5.74) is 1.35. The molecule has 1 amide bonds. The summed E-state index contributed by atoms with van der Waals surface area (Å²) in [6, 6.07) is 4.97. The van der Waals surface area contributed by atoms with Gasteiger partial charge in [-0.25, -0.2) is 4.79 Å². The topological polar surface area (TPSA) is 60.8 Å². The van der Waals surface area contributed by atoms with Crippen LogP contribution in [0.25, 0.3) is 0 Å². The highest BCUT2D eigenvalue weighted by molar-refractivity contribution is 5.88. The molecule has 0 atom stereocenters. The van der Waals surface area contributed by atoms with Gasteiger partial charge in [0.1, 0.15) is 5.75 Å². The fourth-order valence-electron chi connectivity index (χ4n) is 1.80. The number of phenolic OH excluding ortho intramolecular Hbond substituents is 1. The molecule has 0 bridgehead atoms. The number of benzene rings is 1. The number of phenols is 1. The summed E-state index contributed by atoms with van der Waals surface area (Å²) in [5, 5.41) is 18.5. The van der Waals surface area contributed by atoms with Gasteiger partial charge < -0.3 is 10.2 Å². The molecule has 0 saturated heterocycles. The molecule has 74 valence electrons. The standard InChI is InChI=1S/C10H11NO3/c12-9-5-1-4-8-7(9)3-2-6-11(8)10(13)14/h1,4-5,12H,2-3,6H2,(H,13,14). The lowest BCUT2D eigenvalue weighted by Crippen LogP contribution is -2.34. The fraction of sp³-hybridized carbons (Fsp3) is 0.300. The molecular formula is C10H11NO3. The zero-order valence-electron chi connectivity index (χ0n) is 7.60. The molecule has 1 aromatic rings. The van der Waals surface area contributed by atoms with Crippen LogP contribution in [-0.4, -0.2) is 22.9 Å². The molecule has 2 N–H and O–H groups in total. The van der Waals surface area contributed by atoms with E-state index in [0.717, 1.165) is 18.4 Å². The Morgan fingerprint density at radius 1 is 1.43 bits per heavy atom. The van der Waals surface area contributed by atoms with Gasteiger partial charge in [0.2, 0.25) is 0 Å². The number of carboxylic acid groups (broad SMARTS) is 1. The minimum atomic E-state index is -0.962. The molecule has 0 aromatic heterocycles. The van der Waals surface area contributed by atoms with E-state index in [0.29, 0.717) is 12.2 Å². The predicted molar refractivity (Wildman–Crippen MR) is 51.8 cm³/mol. The van der Waals surface area contributed by atoms with Crippen molar-refractivity contribution < 1.29 is 15.0 Å². The Morgan fingerprint density at radius 3 is 2.93 bits per heavy atom. The molecule has 4 heteroatoms. The number of aromatic hydroxyl groups is 1. The Morgan fingerprint density at radius 2 is 2.21 bits per heavy atom. The van der Waals surface area contributed by atoms with E-state index in [-0.39, 0.29) is 5.75 Å². The summed E-state index contributed by atoms with van der Waals surface area (Å²) >= 11 is 0. The summed E-state index contributed by atoms with van der Waals surface area (Å²) in [6.07, 6.45) is 0.541. The molecule has 0 saturated carbocycles. The third kappa shape index (κ3) is 1.28. The van der Waals surface area contributed by atoms with E-state index in [2.05, 4.69) is 0 Å². The zero-order valence-corrected chi connectivity index (χ0v) is 7.60. The van der Waals surface area contributed by atoms with Crippen molar-refractivity contribution in [3.63, 3.8) is 0 Å². The highest BCUT2D eigenvalue weighted by Gasteiger charge is 2.23. The lowest BCUT2D eigenvalue weighted by molar-refractivity contribution is 0.201. The summed E-state index contributed by atoms with van der Waals surface area (Å²) in [6.45, 7) is 0.506. The lowest BCUT2D eigenvalue weighted by atomic mass is 10.0. The van der Waals surface area contributed by atoms with Crippen LogP contribution in [0.1, 0.15) is 12.0 Å². The predicted octanol–water partition coefficient (Wildman–Crippen LogP) is 1.82. The van der Waals surface area contributed by atoms with Crippen LogP contribution in [0.2, 0.25) is 0 Å². The molecule has 0 spiro atoms. The van der Waals surface area contributed by atoms with E-state index in [4.69, 9.17) is 5.11 Å². The van der Waals surface area contributed by atoms with Crippen molar-refractivity contribution in [1.82, 2.24) is 0 Å². The highest BCUT2D eigenvalue weighted by atomic mass is 16.4. The normalized spacial score (nSPS) is 15.0. The van der Waals surface area contributed by atoms with Crippen molar-refractivity contribution in [2.75, 3.05) is 11.4 Å². The van der Waals surface area contributed by atoms with Gasteiger partial charge in [-0.15, -0.1) is 0 Å². The average Bonchev–Trinajstić information content (AvgIpc) is 2.17. The van der Waals surface area contributed by atoms with Gasteiger partial charge >= 0.3 is 6.09 Å². The number of hydrogen-bond donors (Lipinski definition) is 2. The third-order valence-electron chi connectivity index (χ3n) is 2.46. The van der Waals surface area contributed by atoms with Crippen LogP contribution in [0.5, 0.6) is 5.75 Å². The number of nitrogens with zero attached hydrogens (tertiary/aromatic N) is 1. The molecule has 0 radical (unpaired) electrons. The van der Waals surface area contributed by atoms with Gasteiger partial charge in [-0.2, -0.15) is 0 Å². The van der Waals surface area contributed by atoms with Crippen LogP contribution >= 0.6 is 0 Å². The van der Waals surface area contributed by atoms with Crippen molar-refractivity contribution in [3.8, 4) is 5.75 Å². The van der Waals surface area contributed by atoms with Crippen molar-refractivity contribution in [1.29, 1.82) is 0 Å². The summed E-state index contributed by atoms with van der Waals surface area (Å²) in [4.78, 5) is 12.1. The first-order chi connectivity index (χ1) is 6.70. The second-order valence-corrected chi connectivity index (χ2v) is 3.31. The average molecular weight is 193 g/mol. The molecule has 0 fully saturated rings. The van der Waals surface area contributed by atoms with Gasteiger partial charge in [-0.05, 0) is 25.0 Å². The van der Waals surface area contributed by atoms with Gasteiger partial charge in [0.05, 0.1) is 5.69 Å². The SMILES string of the molecule is O=C(O)N1CCCc2c(O)cccc21. The van der Waals surface area contributed by atoms with Crippen molar-refractivity contribution in [3.05, 3.63) is 23.8 Å². The van der Waals surface area contributed by atoms with E-state index in [1.807, 2.05) is 0 Å². The highest BCUT2D eigenvalue weighted by Crippen LogP contribution is 2.33. The maximum absolute atomic E-state index is 10.9. The molecule has 4 nitrogen and oxygen atoms in total. The molecular weight excluding hydrogens is 182 g/mol. The number of fused-ring (bicyclic) bond motifs is 1. The smallest absolute Gasteiger partial charge is 0.411 e. The van der Waals surface area contributed by atoms with Crippen LogP contribution in [0, 0.1) is 0 Å². The second-order valence-electron chi connectivity index (χ2n) is 3.31. The lowest BCUT2D eigenvalue weighted by Gasteiger charge is -2.27. The van der Waals surface area contributed by atoms with Gasteiger partial charge in [0.15, 0.2) is 0 Å². The van der Waals surface area contributed by atoms with Gasteiger partial charge in [0.25, 0.3) is 0 Å². The minimum Gasteiger partial charge on any atom is -0.508 e. The Bertz CT molecular complexity index is 376. The Kier molecular flexibility index (Phi) is 2.04. The van der Waals surface area contributed by atoms with Crippen molar-refractivity contribution >= 4 is 11.8 Å². The van der Waals surface area contributed by atoms with Crippen LogP contribution in [-0.2, 0) is 6.42 Å². The van der Waals surface area contributed by atoms with Gasteiger partial charge in [-0.1, -0.05) is 6.07 Å².